The molecule has 4 aliphatic rings. The largest absolute Gasteiger partial charge is 0.417 e. The Balaban J connectivity index is 1.45. The molecule has 0 aromatic rings. The van der Waals surface area contributed by atoms with Gasteiger partial charge in [0.2, 0.25) is 0 Å². The van der Waals surface area contributed by atoms with Crippen LogP contribution in [0.1, 0.15) is 98.3 Å². The van der Waals surface area contributed by atoms with Crippen LogP contribution >= 0.6 is 0 Å². The Kier molecular flexibility index (Phi) is 6.07. The molecule has 2 N–H and O–H groups in total. The molecule has 4 saturated carbocycles. The van der Waals surface area contributed by atoms with E-state index in [4.69, 9.17) is 0 Å². The maximum absolute atomic E-state index is 13.4. The number of hydrogen-bond donors (Lipinski definition) is 2. The lowest BCUT2D eigenvalue weighted by Gasteiger charge is -2.57. The number of aliphatic hydroxyl groups is 2. The van der Waals surface area contributed by atoms with E-state index in [0.29, 0.717) is 47.3 Å². The zero-order valence-electron chi connectivity index (χ0n) is 19.8. The second kappa shape index (κ2) is 7.89. The zero-order valence-corrected chi connectivity index (χ0v) is 19.8. The van der Waals surface area contributed by atoms with Gasteiger partial charge in [0.05, 0.1) is 5.60 Å². The van der Waals surface area contributed by atoms with Crippen LogP contribution < -0.4 is 0 Å². The van der Waals surface area contributed by atoms with Crippen molar-refractivity contribution in [2.24, 2.45) is 46.8 Å². The number of alkyl halides is 3. The van der Waals surface area contributed by atoms with Gasteiger partial charge < -0.3 is 10.2 Å². The molecule has 4 rings (SSSR count). The van der Waals surface area contributed by atoms with E-state index in [0.717, 1.165) is 32.1 Å². The summed E-state index contributed by atoms with van der Waals surface area (Å²) in [4.78, 5) is 0. The van der Waals surface area contributed by atoms with Gasteiger partial charge in [0.15, 0.2) is 5.60 Å². The monoisotopic (exact) mass is 444 g/mol. The lowest BCUT2D eigenvalue weighted by molar-refractivity contribution is -0.282. The number of hydrogen-bond acceptors (Lipinski definition) is 2. The van der Waals surface area contributed by atoms with Crippen molar-refractivity contribution in [3.05, 3.63) is 0 Å². The number of fused-ring (bicyclic) bond motifs is 5. The fourth-order valence-electron chi connectivity index (χ4n) is 8.89. The Labute approximate surface area is 186 Å². The first-order valence-electron chi connectivity index (χ1n) is 12.8. The minimum Gasteiger partial charge on any atom is -0.390 e. The van der Waals surface area contributed by atoms with Gasteiger partial charge in [0.1, 0.15) is 0 Å². The Morgan fingerprint density at radius 3 is 2.26 bits per heavy atom. The summed E-state index contributed by atoms with van der Waals surface area (Å²) < 4.78 is 40.3. The molecule has 0 aromatic carbocycles. The minimum atomic E-state index is -4.50. The molecule has 0 aliphatic heterocycles. The molecule has 31 heavy (non-hydrogen) atoms. The summed E-state index contributed by atoms with van der Waals surface area (Å²) in [5.74, 6) is 3.62. The van der Waals surface area contributed by atoms with Crippen molar-refractivity contribution >= 4 is 0 Å². The van der Waals surface area contributed by atoms with Crippen LogP contribution in [-0.2, 0) is 0 Å². The topological polar surface area (TPSA) is 40.5 Å². The van der Waals surface area contributed by atoms with Gasteiger partial charge >= 0.3 is 6.18 Å². The van der Waals surface area contributed by atoms with Crippen molar-refractivity contribution in [3.8, 4) is 0 Å². The highest BCUT2D eigenvalue weighted by Crippen LogP contribution is 2.66. The van der Waals surface area contributed by atoms with Crippen molar-refractivity contribution < 1.29 is 23.4 Å². The highest BCUT2D eigenvalue weighted by Gasteiger charge is 2.62. The fraction of sp³-hybridized carbons (Fsp3) is 1.00. The lowest BCUT2D eigenvalue weighted by atomic mass is 9.48. The van der Waals surface area contributed by atoms with Gasteiger partial charge in [-0.25, -0.2) is 0 Å². The summed E-state index contributed by atoms with van der Waals surface area (Å²) in [6.07, 6.45) is 4.52. The maximum Gasteiger partial charge on any atom is 0.417 e. The van der Waals surface area contributed by atoms with E-state index in [1.807, 2.05) is 13.8 Å². The molecule has 9 atom stereocenters. The number of rotatable bonds is 4. The zero-order chi connectivity index (χ0) is 22.8. The molecular weight excluding hydrogens is 401 g/mol. The van der Waals surface area contributed by atoms with E-state index in [2.05, 4.69) is 13.8 Å². The Hall–Kier alpha value is -0.290. The summed E-state index contributed by atoms with van der Waals surface area (Å²) in [5, 5.41) is 20.5. The summed E-state index contributed by atoms with van der Waals surface area (Å²) in [6, 6.07) is 0. The SMILES string of the molecule is C[C@H](CCC(C)(C)O)C1CCC2C3CC[C@H]4C[C@](O)(C(F)(F)F)CC[C@@H]4C3CC[C@@]21C. The lowest BCUT2D eigenvalue weighted by Crippen LogP contribution is -2.55. The normalized spacial score (nSPS) is 46.7. The van der Waals surface area contributed by atoms with Crippen LogP contribution in [-0.4, -0.2) is 27.6 Å². The molecule has 0 heterocycles. The van der Waals surface area contributed by atoms with E-state index in [-0.39, 0.29) is 18.8 Å². The summed E-state index contributed by atoms with van der Waals surface area (Å²) in [5.41, 5.74) is -2.73. The molecule has 0 amide bonds. The molecule has 5 heteroatoms. The predicted molar refractivity (Wildman–Crippen MR) is 116 cm³/mol. The molecule has 4 fully saturated rings. The van der Waals surface area contributed by atoms with Gasteiger partial charge in [0.25, 0.3) is 0 Å². The third-order valence-electron chi connectivity index (χ3n) is 10.5. The van der Waals surface area contributed by atoms with E-state index >= 15 is 0 Å². The summed E-state index contributed by atoms with van der Waals surface area (Å²) in [7, 11) is 0. The highest BCUT2D eigenvalue weighted by atomic mass is 19.4. The first-order chi connectivity index (χ1) is 14.3. The van der Waals surface area contributed by atoms with Gasteiger partial charge in [-0.1, -0.05) is 13.8 Å². The van der Waals surface area contributed by atoms with Crippen molar-refractivity contribution in [2.45, 2.75) is 116 Å². The predicted octanol–water partition coefficient (Wildman–Crippen LogP) is 6.74. The van der Waals surface area contributed by atoms with E-state index in [9.17, 15) is 23.4 Å². The summed E-state index contributed by atoms with van der Waals surface area (Å²) >= 11 is 0. The molecule has 0 aromatic heterocycles. The van der Waals surface area contributed by atoms with E-state index < -0.39 is 17.4 Å². The standard InChI is InChI=1S/C26H43F3O2/c1-16(9-12-23(2,3)30)21-7-8-22-20-6-5-17-15-25(31,26(27,28)29)14-11-18(17)19(20)10-13-24(21,22)4/h16-22,30-31H,5-15H2,1-4H3/t16-,17+,18+,19?,20?,21?,22?,24-,25+/m1/s1. The quantitative estimate of drug-likeness (QED) is 0.504. The molecule has 0 saturated heterocycles. The maximum atomic E-state index is 13.4. The van der Waals surface area contributed by atoms with Gasteiger partial charge in [-0.2, -0.15) is 13.2 Å². The van der Waals surface area contributed by atoms with Gasteiger partial charge in [-0.3, -0.25) is 0 Å². The molecule has 180 valence electrons. The van der Waals surface area contributed by atoms with E-state index in [1.54, 1.807) is 0 Å². The molecule has 4 unspecified atom stereocenters. The van der Waals surface area contributed by atoms with Gasteiger partial charge in [-0.05, 0) is 131 Å². The molecule has 0 radical (unpaired) electrons. The average molecular weight is 445 g/mol. The second-order valence-electron chi connectivity index (χ2n) is 12.8. The third kappa shape index (κ3) is 4.20. The van der Waals surface area contributed by atoms with Crippen LogP contribution in [0.5, 0.6) is 0 Å². The van der Waals surface area contributed by atoms with Crippen molar-refractivity contribution in [1.82, 2.24) is 0 Å². The smallest absolute Gasteiger partial charge is 0.390 e. The van der Waals surface area contributed by atoms with Crippen molar-refractivity contribution in [2.75, 3.05) is 0 Å². The molecular formula is C26H43F3O2. The van der Waals surface area contributed by atoms with E-state index in [1.165, 1.54) is 19.3 Å². The van der Waals surface area contributed by atoms with Crippen LogP contribution in [0, 0.1) is 46.8 Å². The Bertz CT molecular complexity index is 656. The molecule has 4 aliphatic carbocycles. The highest BCUT2D eigenvalue weighted by molar-refractivity contribution is 5.08. The van der Waals surface area contributed by atoms with Crippen LogP contribution in [0.25, 0.3) is 0 Å². The van der Waals surface area contributed by atoms with Gasteiger partial charge in [-0.15, -0.1) is 0 Å². The third-order valence-corrected chi connectivity index (χ3v) is 10.5. The Morgan fingerprint density at radius 1 is 0.935 bits per heavy atom. The first-order valence-corrected chi connectivity index (χ1v) is 12.8. The molecule has 2 nitrogen and oxygen atoms in total. The van der Waals surface area contributed by atoms with Crippen LogP contribution in [0.3, 0.4) is 0 Å². The van der Waals surface area contributed by atoms with Crippen LogP contribution in [0.2, 0.25) is 0 Å². The molecule has 0 spiro atoms. The number of halogens is 3. The second-order valence-corrected chi connectivity index (χ2v) is 12.8. The first kappa shape index (κ1) is 23.9. The van der Waals surface area contributed by atoms with Crippen molar-refractivity contribution in [3.63, 3.8) is 0 Å². The minimum absolute atomic E-state index is 0.0360. The Morgan fingerprint density at radius 2 is 1.61 bits per heavy atom. The fourth-order valence-corrected chi connectivity index (χ4v) is 8.89. The van der Waals surface area contributed by atoms with Crippen LogP contribution in [0.15, 0.2) is 0 Å². The van der Waals surface area contributed by atoms with Crippen LogP contribution in [0.4, 0.5) is 13.2 Å². The summed E-state index contributed by atoms with van der Waals surface area (Å²) in [6.45, 7) is 8.66. The molecule has 0 bridgehead atoms. The van der Waals surface area contributed by atoms with Gasteiger partial charge in [0, 0.05) is 0 Å². The van der Waals surface area contributed by atoms with Crippen molar-refractivity contribution in [1.29, 1.82) is 0 Å². The average Bonchev–Trinajstić information content (AvgIpc) is 3.01.